The Kier molecular flexibility index (Phi) is 3.32. The number of nitrogens with zero attached hydrogens (tertiary/aromatic N) is 1. The minimum Gasteiger partial charge on any atom is -0.368 e. The molecule has 3 rings (SSSR count). The number of carbonyl (C=O) groups excluding carboxylic acids is 1. The summed E-state index contributed by atoms with van der Waals surface area (Å²) in [6.07, 6.45) is 1.58. The quantitative estimate of drug-likeness (QED) is 0.844. The van der Waals surface area contributed by atoms with Crippen molar-refractivity contribution in [3.05, 3.63) is 10.6 Å². The van der Waals surface area contributed by atoms with Crippen molar-refractivity contribution in [2.75, 3.05) is 18.5 Å². The van der Waals surface area contributed by atoms with E-state index in [4.69, 9.17) is 4.74 Å². The summed E-state index contributed by atoms with van der Waals surface area (Å²) in [5, 5.41) is 6.89. The third-order valence-electron chi connectivity index (χ3n) is 3.48. The van der Waals surface area contributed by atoms with Gasteiger partial charge in [0.05, 0.1) is 5.69 Å². The SMILES string of the molecule is CC1CCOC1C(=O)Nc1nc2c(s1)CNCC2. The molecule has 0 radical (unpaired) electrons. The average Bonchev–Trinajstić information content (AvgIpc) is 2.94. The number of hydrogen-bond donors (Lipinski definition) is 2. The Morgan fingerprint density at radius 2 is 2.50 bits per heavy atom. The molecule has 6 heteroatoms. The monoisotopic (exact) mass is 267 g/mol. The van der Waals surface area contributed by atoms with Crippen LogP contribution in [0.4, 0.5) is 5.13 Å². The zero-order chi connectivity index (χ0) is 12.5. The van der Waals surface area contributed by atoms with Crippen LogP contribution < -0.4 is 10.6 Å². The summed E-state index contributed by atoms with van der Waals surface area (Å²) >= 11 is 1.56. The van der Waals surface area contributed by atoms with E-state index in [-0.39, 0.29) is 12.0 Å². The van der Waals surface area contributed by atoms with Crippen molar-refractivity contribution in [2.45, 2.75) is 32.4 Å². The second kappa shape index (κ2) is 4.95. The summed E-state index contributed by atoms with van der Waals surface area (Å²) in [6.45, 7) is 4.55. The van der Waals surface area contributed by atoms with Crippen molar-refractivity contribution in [1.29, 1.82) is 0 Å². The number of ether oxygens (including phenoxy) is 1. The smallest absolute Gasteiger partial charge is 0.255 e. The van der Waals surface area contributed by atoms with E-state index in [1.165, 1.54) is 4.88 Å². The fourth-order valence-electron chi connectivity index (χ4n) is 2.39. The van der Waals surface area contributed by atoms with Gasteiger partial charge in [-0.3, -0.25) is 10.1 Å². The van der Waals surface area contributed by atoms with Crippen molar-refractivity contribution < 1.29 is 9.53 Å². The van der Waals surface area contributed by atoms with Gasteiger partial charge in [0.1, 0.15) is 6.10 Å². The first-order valence-electron chi connectivity index (χ1n) is 6.36. The molecule has 0 bridgehead atoms. The van der Waals surface area contributed by atoms with Gasteiger partial charge in [0.15, 0.2) is 5.13 Å². The fourth-order valence-corrected chi connectivity index (χ4v) is 3.37. The third kappa shape index (κ3) is 2.28. The second-order valence-electron chi connectivity index (χ2n) is 4.86. The summed E-state index contributed by atoms with van der Waals surface area (Å²) in [6, 6.07) is 0. The van der Waals surface area contributed by atoms with Crippen LogP contribution in [0.2, 0.25) is 0 Å². The van der Waals surface area contributed by atoms with Crippen LogP contribution in [0.1, 0.15) is 23.9 Å². The van der Waals surface area contributed by atoms with Gasteiger partial charge in [-0.15, -0.1) is 11.3 Å². The number of nitrogens with one attached hydrogen (secondary N) is 2. The molecule has 0 aliphatic carbocycles. The Balaban J connectivity index is 1.68. The molecule has 3 heterocycles. The third-order valence-corrected chi connectivity index (χ3v) is 4.49. The first-order chi connectivity index (χ1) is 8.74. The number of fused-ring (bicyclic) bond motifs is 1. The van der Waals surface area contributed by atoms with Gasteiger partial charge in [-0.25, -0.2) is 4.98 Å². The normalized spacial score (nSPS) is 26.9. The number of carbonyl (C=O) groups is 1. The van der Waals surface area contributed by atoms with Crippen LogP contribution in [-0.4, -0.2) is 30.1 Å². The van der Waals surface area contributed by atoms with Crippen molar-refractivity contribution in [2.24, 2.45) is 5.92 Å². The molecule has 2 unspecified atom stereocenters. The highest BCUT2D eigenvalue weighted by Gasteiger charge is 2.31. The molecule has 2 N–H and O–H groups in total. The number of hydrogen-bond acceptors (Lipinski definition) is 5. The Hall–Kier alpha value is -0.980. The molecule has 2 aliphatic rings. The van der Waals surface area contributed by atoms with Gasteiger partial charge in [0.2, 0.25) is 0 Å². The lowest BCUT2D eigenvalue weighted by atomic mass is 10.0. The van der Waals surface area contributed by atoms with E-state index in [2.05, 4.69) is 15.6 Å². The van der Waals surface area contributed by atoms with Crippen LogP contribution in [0.5, 0.6) is 0 Å². The summed E-state index contributed by atoms with van der Waals surface area (Å²) in [5.74, 6) is 0.236. The predicted octanol–water partition coefficient (Wildman–Crippen LogP) is 1.15. The molecule has 1 aromatic heterocycles. The molecule has 1 saturated heterocycles. The van der Waals surface area contributed by atoms with Gasteiger partial charge >= 0.3 is 0 Å². The zero-order valence-corrected chi connectivity index (χ0v) is 11.2. The average molecular weight is 267 g/mol. The highest BCUT2D eigenvalue weighted by molar-refractivity contribution is 7.15. The van der Waals surface area contributed by atoms with E-state index >= 15 is 0 Å². The molecule has 2 aliphatic heterocycles. The summed E-state index contributed by atoms with van der Waals surface area (Å²) < 4.78 is 5.45. The molecule has 98 valence electrons. The Morgan fingerprint density at radius 3 is 3.22 bits per heavy atom. The summed E-state index contributed by atoms with van der Waals surface area (Å²) in [5.41, 5.74) is 1.12. The number of aromatic nitrogens is 1. The molecule has 1 amide bonds. The first-order valence-corrected chi connectivity index (χ1v) is 7.17. The molecule has 1 fully saturated rings. The van der Waals surface area contributed by atoms with E-state index in [1.807, 2.05) is 6.92 Å². The van der Waals surface area contributed by atoms with Crippen LogP contribution >= 0.6 is 11.3 Å². The van der Waals surface area contributed by atoms with E-state index in [9.17, 15) is 4.79 Å². The number of thiazole rings is 1. The molecule has 5 nitrogen and oxygen atoms in total. The van der Waals surface area contributed by atoms with Crippen LogP contribution in [0.25, 0.3) is 0 Å². The number of anilines is 1. The molecule has 1 aromatic rings. The molecule has 18 heavy (non-hydrogen) atoms. The van der Waals surface area contributed by atoms with E-state index in [0.29, 0.717) is 17.7 Å². The minimum absolute atomic E-state index is 0.0564. The largest absolute Gasteiger partial charge is 0.368 e. The Labute approximate surface area is 110 Å². The van der Waals surface area contributed by atoms with Crippen molar-refractivity contribution in [3.8, 4) is 0 Å². The lowest BCUT2D eigenvalue weighted by Gasteiger charge is -2.12. The first kappa shape index (κ1) is 12.1. The predicted molar refractivity (Wildman–Crippen MR) is 69.7 cm³/mol. The van der Waals surface area contributed by atoms with Gasteiger partial charge < -0.3 is 10.1 Å². The number of amides is 1. The van der Waals surface area contributed by atoms with Gasteiger partial charge in [0.25, 0.3) is 5.91 Å². The van der Waals surface area contributed by atoms with Crippen molar-refractivity contribution in [1.82, 2.24) is 10.3 Å². The Bertz CT molecular complexity index is 437. The van der Waals surface area contributed by atoms with Gasteiger partial charge in [-0.05, 0) is 12.3 Å². The molecule has 0 spiro atoms. The van der Waals surface area contributed by atoms with Gasteiger partial charge in [0, 0.05) is 31.0 Å². The maximum absolute atomic E-state index is 12.1. The van der Waals surface area contributed by atoms with Crippen molar-refractivity contribution >= 4 is 22.4 Å². The highest BCUT2D eigenvalue weighted by Crippen LogP contribution is 2.27. The van der Waals surface area contributed by atoms with Crippen LogP contribution in [-0.2, 0) is 22.5 Å². The zero-order valence-electron chi connectivity index (χ0n) is 10.4. The molecule has 2 atom stereocenters. The van der Waals surface area contributed by atoms with Crippen LogP contribution in [0.3, 0.4) is 0 Å². The standard InChI is InChI=1S/C12H17N3O2S/c1-7-3-5-17-10(7)11(16)15-12-14-8-2-4-13-6-9(8)18-12/h7,10,13H,2-6H2,1H3,(H,14,15,16). The highest BCUT2D eigenvalue weighted by atomic mass is 32.1. The minimum atomic E-state index is -0.316. The molecular formula is C12H17N3O2S. The van der Waals surface area contributed by atoms with E-state index < -0.39 is 0 Å². The summed E-state index contributed by atoms with van der Waals surface area (Å²) in [4.78, 5) is 17.8. The molecule has 0 aromatic carbocycles. The van der Waals surface area contributed by atoms with E-state index in [1.54, 1.807) is 11.3 Å². The van der Waals surface area contributed by atoms with Gasteiger partial charge in [-0.1, -0.05) is 6.92 Å². The van der Waals surface area contributed by atoms with Crippen molar-refractivity contribution in [3.63, 3.8) is 0 Å². The second-order valence-corrected chi connectivity index (χ2v) is 5.95. The molecular weight excluding hydrogens is 250 g/mol. The topological polar surface area (TPSA) is 63.2 Å². The van der Waals surface area contributed by atoms with E-state index in [0.717, 1.165) is 31.6 Å². The maximum atomic E-state index is 12.1. The van der Waals surface area contributed by atoms with Crippen LogP contribution in [0, 0.1) is 5.92 Å². The maximum Gasteiger partial charge on any atom is 0.255 e. The van der Waals surface area contributed by atoms with Gasteiger partial charge in [-0.2, -0.15) is 0 Å². The fraction of sp³-hybridized carbons (Fsp3) is 0.667. The molecule has 0 saturated carbocycles. The Morgan fingerprint density at radius 1 is 1.61 bits per heavy atom. The lowest BCUT2D eigenvalue weighted by Crippen LogP contribution is -2.31. The number of rotatable bonds is 2. The van der Waals surface area contributed by atoms with Crippen LogP contribution in [0.15, 0.2) is 0 Å². The summed E-state index contributed by atoms with van der Waals surface area (Å²) in [7, 11) is 0. The lowest BCUT2D eigenvalue weighted by molar-refractivity contribution is -0.126.